The van der Waals surface area contributed by atoms with E-state index in [0.29, 0.717) is 11.1 Å². The first-order valence-electron chi connectivity index (χ1n) is 3.14. The molecule has 1 heterocycles. The molecule has 0 spiro atoms. The van der Waals surface area contributed by atoms with Crippen molar-refractivity contribution in [2.24, 2.45) is 0 Å². The summed E-state index contributed by atoms with van der Waals surface area (Å²) in [4.78, 5) is 21.7. The molecule has 1 aromatic rings. The van der Waals surface area contributed by atoms with E-state index in [1.165, 1.54) is 0 Å². The van der Waals surface area contributed by atoms with Gasteiger partial charge in [0, 0.05) is 0 Å². The molecule has 4 heteroatoms. The van der Waals surface area contributed by atoms with Crippen LogP contribution in [0.25, 0.3) is 0 Å². The van der Waals surface area contributed by atoms with E-state index in [1.54, 1.807) is 24.3 Å². The maximum atomic E-state index is 10.8. The molecule has 0 saturated carbocycles. The van der Waals surface area contributed by atoms with Gasteiger partial charge in [0.15, 0.2) is 0 Å². The van der Waals surface area contributed by atoms with Gasteiger partial charge in [-0.2, -0.15) is 0 Å². The summed E-state index contributed by atoms with van der Waals surface area (Å²) in [5, 5.41) is 0. The summed E-state index contributed by atoms with van der Waals surface area (Å²) in [7, 11) is 0. The van der Waals surface area contributed by atoms with Crippen LogP contribution in [0.5, 0.6) is 0 Å². The third kappa shape index (κ3) is 2.34. The van der Waals surface area contributed by atoms with Gasteiger partial charge in [0.05, 0.1) is 11.1 Å². The van der Waals surface area contributed by atoms with E-state index in [-0.39, 0.29) is 65.6 Å². The molecule has 0 saturated heterocycles. The summed E-state index contributed by atoms with van der Waals surface area (Å²) >= 11 is 0. The van der Waals surface area contributed by atoms with Crippen LogP contribution >= 0.6 is 0 Å². The Labute approximate surface area is 125 Å². The number of benzene rings is 1. The fourth-order valence-electron chi connectivity index (χ4n) is 1.03. The number of hydrogen-bond donors (Lipinski definition) is 0. The van der Waals surface area contributed by atoms with Crippen LogP contribution < -0.4 is 58.2 Å². The molecule has 2 rings (SSSR count). The second-order valence-electron chi connectivity index (χ2n) is 2.22. The average molecular weight is 249 g/mol. The summed E-state index contributed by atoms with van der Waals surface area (Å²) in [6, 6.07) is 6.53. The van der Waals surface area contributed by atoms with E-state index >= 15 is 0 Å². The Morgan fingerprint density at radius 2 is 1.31 bits per heavy atom. The fourth-order valence-corrected chi connectivity index (χ4v) is 1.03. The van der Waals surface area contributed by atoms with Crippen molar-refractivity contribution in [3.05, 3.63) is 42.8 Å². The minimum atomic E-state index is -0.550. The predicted molar refractivity (Wildman–Crippen MR) is 42.6 cm³/mol. The molecule has 0 N–H and O–H groups in total. The van der Waals surface area contributed by atoms with Gasteiger partial charge in [0.2, 0.25) is 0 Å². The van der Waals surface area contributed by atoms with Gasteiger partial charge in [0.1, 0.15) is 0 Å². The van der Waals surface area contributed by atoms with Gasteiger partial charge < -0.3 is 12.2 Å². The van der Waals surface area contributed by atoms with E-state index in [9.17, 15) is 9.59 Å². The monoisotopic (exact) mass is 248 g/mol. The molecule has 0 aliphatic carbocycles. The third-order valence-electron chi connectivity index (χ3n) is 1.55. The summed E-state index contributed by atoms with van der Waals surface area (Å²) in [6.45, 7) is 0. The van der Waals surface area contributed by atoms with Gasteiger partial charge in [-0.25, -0.2) is 9.59 Å². The normalized spacial score (nSPS) is 12.3. The first-order valence-corrected chi connectivity index (χ1v) is 3.14. The number of carbonyl (C=O) groups excluding carboxylic acids is 2. The maximum Gasteiger partial charge on any atom is 1.00 e. The van der Waals surface area contributed by atoms with Crippen molar-refractivity contribution in [3.63, 3.8) is 0 Å². The zero-order valence-corrected chi connectivity index (χ0v) is 12.5. The van der Waals surface area contributed by atoms with Crippen molar-refractivity contribution >= 4 is 11.9 Å². The van der Waals surface area contributed by atoms with Crippen LogP contribution in [0.3, 0.4) is 0 Å². The molecule has 62 valence electrons. The van der Waals surface area contributed by atoms with Crippen LogP contribution in [0.1, 0.15) is 20.7 Å². The van der Waals surface area contributed by atoms with Crippen LogP contribution in [0.2, 0.25) is 0 Å². The molecule has 1 aliphatic heterocycles. The fraction of sp³-hybridized carbons (Fsp3) is 0. The molecule has 0 atom stereocenters. The molecule has 0 amide bonds. The van der Waals surface area contributed by atoms with Crippen LogP contribution in [-0.4, -0.2) is 11.9 Å². The van der Waals surface area contributed by atoms with E-state index in [0.717, 1.165) is 0 Å². The molecule has 0 fully saturated rings. The molecule has 0 radical (unpaired) electrons. The van der Waals surface area contributed by atoms with E-state index in [4.69, 9.17) is 0 Å². The minimum absolute atomic E-state index is 0. The van der Waals surface area contributed by atoms with E-state index in [2.05, 4.69) is 4.74 Å². The quantitative estimate of drug-likeness (QED) is 0.317. The average Bonchev–Trinajstić information content (AvgIpc) is 2.30. The molecule has 1 aromatic carbocycles. The van der Waals surface area contributed by atoms with Gasteiger partial charge in [-0.1, -0.05) is 12.1 Å². The van der Waals surface area contributed by atoms with Crippen molar-refractivity contribution < 1.29 is 72.5 Å². The van der Waals surface area contributed by atoms with Crippen molar-refractivity contribution in [2.75, 3.05) is 0 Å². The summed E-state index contributed by atoms with van der Waals surface area (Å²) < 4.78 is 4.35. The smallest absolute Gasteiger partial charge is 0.386 e. The second-order valence-corrected chi connectivity index (χ2v) is 2.22. The van der Waals surface area contributed by atoms with Crippen LogP contribution in [0.4, 0.5) is 0 Å². The largest absolute Gasteiger partial charge is 1.00 e. The standard InChI is InChI=1S/C8H4O3.CH3.Rb/c9-7-5-3-1-2-4-6(5)8(10)11-7;;/h1-4H;1H3;/q;-1;+1. The summed E-state index contributed by atoms with van der Waals surface area (Å²) in [5.41, 5.74) is 0.718. The molecule has 1 aliphatic rings. The molecule has 0 aromatic heterocycles. The molecule has 13 heavy (non-hydrogen) atoms. The Bertz CT molecular complexity index is 313. The molecule has 0 unspecified atom stereocenters. The predicted octanol–water partition coefficient (Wildman–Crippen LogP) is -1.55. The molecular formula is C9H7O3Rb. The summed E-state index contributed by atoms with van der Waals surface area (Å²) in [5.74, 6) is -1.10. The van der Waals surface area contributed by atoms with E-state index < -0.39 is 11.9 Å². The van der Waals surface area contributed by atoms with Gasteiger partial charge >= 0.3 is 70.1 Å². The number of fused-ring (bicyclic) bond motifs is 1. The Morgan fingerprint density at radius 1 is 0.923 bits per heavy atom. The Hall–Kier alpha value is 0.165. The van der Waals surface area contributed by atoms with Crippen LogP contribution in [0, 0.1) is 7.43 Å². The maximum absolute atomic E-state index is 10.8. The number of rotatable bonds is 0. The number of cyclic esters (lactones) is 2. The van der Waals surface area contributed by atoms with E-state index in [1.807, 2.05) is 0 Å². The first-order chi connectivity index (χ1) is 5.29. The molecule has 3 nitrogen and oxygen atoms in total. The topological polar surface area (TPSA) is 43.4 Å². The van der Waals surface area contributed by atoms with Crippen LogP contribution in [-0.2, 0) is 4.74 Å². The van der Waals surface area contributed by atoms with Crippen molar-refractivity contribution in [3.8, 4) is 0 Å². The minimum Gasteiger partial charge on any atom is -0.386 e. The van der Waals surface area contributed by atoms with Gasteiger partial charge in [0.25, 0.3) is 0 Å². The van der Waals surface area contributed by atoms with Gasteiger partial charge in [-0.05, 0) is 12.1 Å². The number of hydrogen-bond acceptors (Lipinski definition) is 3. The van der Waals surface area contributed by atoms with Crippen molar-refractivity contribution in [2.45, 2.75) is 0 Å². The third-order valence-corrected chi connectivity index (χ3v) is 1.55. The summed E-state index contributed by atoms with van der Waals surface area (Å²) in [6.07, 6.45) is 0. The SMILES string of the molecule is O=C1OC(=O)c2ccccc21.[CH3-].[Rb+]. The second kappa shape index (κ2) is 5.15. The number of esters is 2. The van der Waals surface area contributed by atoms with Crippen molar-refractivity contribution in [1.82, 2.24) is 0 Å². The van der Waals surface area contributed by atoms with Gasteiger partial charge in [-0.15, -0.1) is 0 Å². The Balaban J connectivity index is 0.000000720. The molecular weight excluding hydrogens is 242 g/mol. The zero-order chi connectivity index (χ0) is 7.84. The molecule has 0 bridgehead atoms. The number of carbonyl (C=O) groups is 2. The van der Waals surface area contributed by atoms with Crippen molar-refractivity contribution in [1.29, 1.82) is 0 Å². The zero-order valence-electron chi connectivity index (χ0n) is 7.53. The Kier molecular flexibility index (Phi) is 5.21. The number of ether oxygens (including phenoxy) is 1. The van der Waals surface area contributed by atoms with Crippen LogP contribution in [0.15, 0.2) is 24.3 Å². The van der Waals surface area contributed by atoms with Gasteiger partial charge in [-0.3, -0.25) is 0 Å². The first kappa shape index (κ1) is 13.2. The Morgan fingerprint density at radius 3 is 1.69 bits per heavy atom.